The molecule has 0 amide bonds. The first-order chi connectivity index (χ1) is 3.63. The molecule has 0 aromatic rings. The molecule has 0 fully saturated rings. The van der Waals surface area contributed by atoms with Crippen molar-refractivity contribution in [3.05, 3.63) is 12.2 Å². The Hall–Kier alpha value is -0.300. The van der Waals surface area contributed by atoms with Gasteiger partial charge in [0.2, 0.25) is 0 Å². The van der Waals surface area contributed by atoms with E-state index < -0.39 is 0 Å². The zero-order valence-electron chi connectivity index (χ0n) is 5.39. The van der Waals surface area contributed by atoms with Crippen LogP contribution in [0.15, 0.2) is 12.2 Å². The average Bonchev–Trinajstić information content (AvgIpc) is 1.86. The molecule has 0 saturated carbocycles. The lowest BCUT2D eigenvalue weighted by molar-refractivity contribution is 0.106. The molecule has 1 aliphatic rings. The van der Waals surface area contributed by atoms with Gasteiger partial charge in [-0.25, -0.2) is 0 Å². The van der Waals surface area contributed by atoms with Crippen LogP contribution in [0.5, 0.6) is 0 Å². The molecule has 0 radical (unpaired) electrons. The molecule has 0 spiro atoms. The lowest BCUT2D eigenvalue weighted by Crippen LogP contribution is -2.22. The van der Waals surface area contributed by atoms with Crippen LogP contribution in [-0.2, 0) is 0 Å². The first kappa shape index (κ1) is 5.83. The molecule has 1 rings (SSSR count). The van der Waals surface area contributed by atoms with Crippen LogP contribution in [0.25, 0.3) is 0 Å². The van der Waals surface area contributed by atoms with Gasteiger partial charge in [-0.3, -0.25) is 0 Å². The Balaban J connectivity index is 2.64. The summed E-state index contributed by atoms with van der Waals surface area (Å²) in [7, 11) is 0. The van der Waals surface area contributed by atoms with Crippen molar-refractivity contribution in [1.82, 2.24) is 0 Å². The van der Waals surface area contributed by atoms with E-state index in [1.165, 1.54) is 0 Å². The molecular weight excluding hydrogens is 100 g/mol. The van der Waals surface area contributed by atoms with Gasteiger partial charge in [-0.05, 0) is 11.8 Å². The van der Waals surface area contributed by atoms with Crippen LogP contribution in [0.2, 0.25) is 0 Å². The second-order valence-corrected chi connectivity index (χ2v) is 3.07. The van der Waals surface area contributed by atoms with Gasteiger partial charge in [0.1, 0.15) is 0 Å². The number of hydrogen-bond acceptors (Lipinski definition) is 1. The number of aliphatic hydroxyl groups excluding tert-OH is 1. The summed E-state index contributed by atoms with van der Waals surface area (Å²) in [5, 5.41) is 9.17. The van der Waals surface area contributed by atoms with Crippen molar-refractivity contribution >= 4 is 0 Å². The van der Waals surface area contributed by atoms with Crippen LogP contribution in [-0.4, -0.2) is 11.2 Å². The molecule has 0 bridgehead atoms. The monoisotopic (exact) mass is 112 g/mol. The molecule has 1 heteroatoms. The van der Waals surface area contributed by atoms with Gasteiger partial charge in [-0.15, -0.1) is 0 Å². The molecule has 1 aliphatic carbocycles. The molecule has 1 N–H and O–H groups in total. The molecule has 0 heterocycles. The van der Waals surface area contributed by atoms with Gasteiger partial charge >= 0.3 is 0 Å². The van der Waals surface area contributed by atoms with Gasteiger partial charge in [-0.1, -0.05) is 26.0 Å². The topological polar surface area (TPSA) is 20.2 Å². The summed E-state index contributed by atoms with van der Waals surface area (Å²) in [4.78, 5) is 0. The van der Waals surface area contributed by atoms with E-state index in [0.717, 1.165) is 6.42 Å². The predicted molar refractivity (Wildman–Crippen MR) is 33.5 cm³/mol. The van der Waals surface area contributed by atoms with Gasteiger partial charge < -0.3 is 5.11 Å². The Morgan fingerprint density at radius 1 is 1.62 bits per heavy atom. The Morgan fingerprint density at radius 2 is 2.25 bits per heavy atom. The smallest absolute Gasteiger partial charge is 0.0774 e. The van der Waals surface area contributed by atoms with E-state index in [9.17, 15) is 5.11 Å². The molecule has 0 aromatic carbocycles. The molecule has 8 heavy (non-hydrogen) atoms. The fourth-order valence-corrected chi connectivity index (χ4v) is 0.882. The summed E-state index contributed by atoms with van der Waals surface area (Å²) in [6.45, 7) is 4.13. The van der Waals surface area contributed by atoms with Gasteiger partial charge in [0, 0.05) is 0 Å². The molecule has 0 aromatic heterocycles. The van der Waals surface area contributed by atoms with E-state index in [2.05, 4.69) is 13.8 Å². The van der Waals surface area contributed by atoms with Crippen molar-refractivity contribution < 1.29 is 5.11 Å². The van der Waals surface area contributed by atoms with Crippen molar-refractivity contribution in [3.63, 3.8) is 0 Å². The molecule has 1 atom stereocenters. The van der Waals surface area contributed by atoms with E-state index >= 15 is 0 Å². The molecule has 0 saturated heterocycles. The van der Waals surface area contributed by atoms with Crippen LogP contribution >= 0.6 is 0 Å². The van der Waals surface area contributed by atoms with E-state index in [0.29, 0.717) is 0 Å². The average molecular weight is 112 g/mol. The maximum Gasteiger partial charge on any atom is 0.0774 e. The second-order valence-electron chi connectivity index (χ2n) is 3.07. The summed E-state index contributed by atoms with van der Waals surface area (Å²) >= 11 is 0. The zero-order chi connectivity index (χ0) is 6.20. The highest BCUT2D eigenvalue weighted by molar-refractivity contribution is 5.06. The van der Waals surface area contributed by atoms with Crippen molar-refractivity contribution in [3.8, 4) is 0 Å². The minimum absolute atomic E-state index is 0.0972. The Bertz CT molecular complexity index is 114. The van der Waals surface area contributed by atoms with Gasteiger partial charge in [0.05, 0.1) is 6.10 Å². The first-order valence-electron chi connectivity index (χ1n) is 2.98. The predicted octanol–water partition coefficient (Wildman–Crippen LogP) is 1.33. The van der Waals surface area contributed by atoms with Crippen LogP contribution in [0.4, 0.5) is 0 Å². The van der Waals surface area contributed by atoms with Crippen molar-refractivity contribution in [2.24, 2.45) is 5.41 Å². The third-order valence-electron chi connectivity index (χ3n) is 1.76. The quantitative estimate of drug-likeness (QED) is 0.469. The van der Waals surface area contributed by atoms with E-state index in [4.69, 9.17) is 0 Å². The number of rotatable bonds is 0. The Labute approximate surface area is 50.0 Å². The summed E-state index contributed by atoms with van der Waals surface area (Å²) in [5.41, 5.74) is 0.0972. The molecule has 0 aliphatic heterocycles. The van der Waals surface area contributed by atoms with Crippen LogP contribution < -0.4 is 0 Å². The third kappa shape index (κ3) is 0.781. The van der Waals surface area contributed by atoms with Crippen LogP contribution in [0.1, 0.15) is 20.3 Å². The zero-order valence-corrected chi connectivity index (χ0v) is 5.39. The standard InChI is InChI=1S/C7H12O/c1-7(2)5-3-4-6(7)8/h3-4,6,8H,5H2,1-2H3. The Kier molecular flexibility index (Phi) is 1.16. The molecule has 1 unspecified atom stereocenters. The summed E-state index contributed by atoms with van der Waals surface area (Å²) < 4.78 is 0. The van der Waals surface area contributed by atoms with E-state index in [-0.39, 0.29) is 11.5 Å². The highest BCUT2D eigenvalue weighted by atomic mass is 16.3. The lowest BCUT2D eigenvalue weighted by Gasteiger charge is -2.21. The molecule has 1 nitrogen and oxygen atoms in total. The van der Waals surface area contributed by atoms with E-state index in [1.54, 1.807) is 0 Å². The number of hydrogen-bond donors (Lipinski definition) is 1. The minimum atomic E-state index is -0.220. The fraction of sp³-hybridized carbons (Fsp3) is 0.714. The SMILES string of the molecule is CC1(C)CC=CC1O. The van der Waals surface area contributed by atoms with Crippen LogP contribution in [0, 0.1) is 5.41 Å². The number of aliphatic hydroxyl groups is 1. The van der Waals surface area contributed by atoms with E-state index in [1.807, 2.05) is 12.2 Å². The van der Waals surface area contributed by atoms with Crippen LogP contribution in [0.3, 0.4) is 0 Å². The van der Waals surface area contributed by atoms with Gasteiger partial charge in [0.15, 0.2) is 0 Å². The summed E-state index contributed by atoms with van der Waals surface area (Å²) in [6, 6.07) is 0. The Morgan fingerprint density at radius 3 is 2.38 bits per heavy atom. The summed E-state index contributed by atoms with van der Waals surface area (Å²) in [5.74, 6) is 0. The van der Waals surface area contributed by atoms with Crippen molar-refractivity contribution in [2.75, 3.05) is 0 Å². The van der Waals surface area contributed by atoms with Gasteiger partial charge in [-0.2, -0.15) is 0 Å². The molecule has 46 valence electrons. The number of allylic oxidation sites excluding steroid dienone is 1. The minimum Gasteiger partial charge on any atom is -0.388 e. The van der Waals surface area contributed by atoms with Gasteiger partial charge in [0.25, 0.3) is 0 Å². The fourth-order valence-electron chi connectivity index (χ4n) is 0.882. The summed E-state index contributed by atoms with van der Waals surface area (Å²) in [6.07, 6.45) is 4.68. The maximum absolute atomic E-state index is 9.17. The highest BCUT2D eigenvalue weighted by Gasteiger charge is 2.28. The van der Waals surface area contributed by atoms with Crippen molar-refractivity contribution in [1.29, 1.82) is 0 Å². The maximum atomic E-state index is 9.17. The third-order valence-corrected chi connectivity index (χ3v) is 1.76. The highest BCUT2D eigenvalue weighted by Crippen LogP contribution is 2.31. The lowest BCUT2D eigenvalue weighted by atomic mass is 9.89. The largest absolute Gasteiger partial charge is 0.388 e. The van der Waals surface area contributed by atoms with Crippen molar-refractivity contribution in [2.45, 2.75) is 26.4 Å². The first-order valence-corrected chi connectivity index (χ1v) is 2.98. The second kappa shape index (κ2) is 1.59. The molecular formula is C7H12O. The normalized spacial score (nSPS) is 33.6.